The zero-order valence-corrected chi connectivity index (χ0v) is 24.1. The molecule has 0 saturated heterocycles. The molecular formula is C33H34N3O4P. The summed E-state index contributed by atoms with van der Waals surface area (Å²) in [6.07, 6.45) is 0. The number of rotatable bonds is 12. The highest BCUT2D eigenvalue weighted by atomic mass is 31.2. The van der Waals surface area contributed by atoms with Gasteiger partial charge in [0.1, 0.15) is 0 Å². The number of carbonyl (C=O) groups excluding carboxylic acids is 1. The van der Waals surface area contributed by atoms with Gasteiger partial charge in [-0.3, -0.25) is 9.36 Å². The molecule has 0 aromatic heterocycles. The van der Waals surface area contributed by atoms with E-state index in [2.05, 4.69) is 40.2 Å². The van der Waals surface area contributed by atoms with Crippen molar-refractivity contribution in [3.8, 4) is 0 Å². The Morgan fingerprint density at radius 1 is 0.780 bits per heavy atom. The van der Waals surface area contributed by atoms with E-state index in [-0.39, 0.29) is 19.1 Å². The van der Waals surface area contributed by atoms with Crippen LogP contribution in [-0.4, -0.2) is 19.1 Å². The van der Waals surface area contributed by atoms with Crippen LogP contribution in [0.4, 0.5) is 11.4 Å². The summed E-state index contributed by atoms with van der Waals surface area (Å²) in [5.74, 6) is -0.243. The molecule has 0 fully saturated rings. The summed E-state index contributed by atoms with van der Waals surface area (Å²) in [5, 5.41) is 10.3. The van der Waals surface area contributed by atoms with Crippen molar-refractivity contribution >= 4 is 41.5 Å². The number of amides is 1. The maximum atomic E-state index is 13.5. The van der Waals surface area contributed by atoms with Crippen LogP contribution in [0.25, 0.3) is 11.3 Å². The molecular weight excluding hydrogens is 533 g/mol. The molecule has 210 valence electrons. The third-order valence-electron chi connectivity index (χ3n) is 6.70. The molecule has 4 aromatic rings. The molecule has 1 amide bonds. The highest BCUT2D eigenvalue weighted by Gasteiger charge is 2.33. The molecule has 8 heteroatoms. The Hall–Kier alpha value is -4.00. The number of benzene rings is 4. The summed E-state index contributed by atoms with van der Waals surface area (Å²) >= 11 is 0. The van der Waals surface area contributed by atoms with Crippen LogP contribution in [0.5, 0.6) is 0 Å². The summed E-state index contributed by atoms with van der Waals surface area (Å²) in [6.45, 7) is 5.56. The number of fused-ring (bicyclic) bond motifs is 1. The van der Waals surface area contributed by atoms with Crippen LogP contribution in [0.15, 0.2) is 103 Å². The average molecular weight is 568 g/mol. The lowest BCUT2D eigenvalue weighted by molar-refractivity contribution is -0.110. The minimum Gasteiger partial charge on any atom is -0.354 e. The number of nitrogens with one attached hydrogen (secondary N) is 3. The van der Waals surface area contributed by atoms with E-state index >= 15 is 0 Å². The zero-order valence-electron chi connectivity index (χ0n) is 23.2. The molecule has 4 aromatic carbocycles. The van der Waals surface area contributed by atoms with Crippen LogP contribution in [-0.2, 0) is 31.5 Å². The molecule has 0 aliphatic carbocycles. The molecule has 7 nitrogen and oxygen atoms in total. The van der Waals surface area contributed by atoms with Gasteiger partial charge in [0.05, 0.1) is 29.8 Å². The number of hydrogen-bond donors (Lipinski definition) is 3. The van der Waals surface area contributed by atoms with Crippen LogP contribution in [0, 0.1) is 0 Å². The lowest BCUT2D eigenvalue weighted by atomic mass is 10.00. The predicted octanol–water partition coefficient (Wildman–Crippen LogP) is 6.80. The Morgan fingerprint density at radius 2 is 1.39 bits per heavy atom. The van der Waals surface area contributed by atoms with Crippen LogP contribution in [0.1, 0.15) is 36.1 Å². The van der Waals surface area contributed by atoms with Gasteiger partial charge in [-0.2, -0.15) is 0 Å². The van der Waals surface area contributed by atoms with Crippen LogP contribution < -0.4 is 21.3 Å². The van der Waals surface area contributed by atoms with Gasteiger partial charge in [0.2, 0.25) is 0 Å². The average Bonchev–Trinajstić information content (AvgIpc) is 3.32. The third kappa shape index (κ3) is 6.67. The Kier molecular flexibility index (Phi) is 9.12. The second kappa shape index (κ2) is 13.1. The van der Waals surface area contributed by atoms with Gasteiger partial charge in [0, 0.05) is 30.0 Å². The third-order valence-corrected chi connectivity index (χ3v) is 8.81. The van der Waals surface area contributed by atoms with E-state index < -0.39 is 7.60 Å². The minimum atomic E-state index is -3.54. The van der Waals surface area contributed by atoms with Gasteiger partial charge >= 0.3 is 7.60 Å². The van der Waals surface area contributed by atoms with Gasteiger partial charge in [0.15, 0.2) is 0 Å². The lowest BCUT2D eigenvalue weighted by Crippen LogP contribution is -2.13. The zero-order chi connectivity index (χ0) is 28.7. The highest BCUT2D eigenvalue weighted by molar-refractivity contribution is 7.62. The monoisotopic (exact) mass is 567 g/mol. The van der Waals surface area contributed by atoms with E-state index in [1.807, 2.05) is 60.7 Å². The summed E-state index contributed by atoms with van der Waals surface area (Å²) in [6, 6.07) is 33.3. The molecule has 1 aliphatic heterocycles. The highest BCUT2D eigenvalue weighted by Crippen LogP contribution is 2.48. The van der Waals surface area contributed by atoms with E-state index in [1.165, 1.54) is 5.56 Å². The van der Waals surface area contributed by atoms with Crippen molar-refractivity contribution < 1.29 is 18.4 Å². The summed E-state index contributed by atoms with van der Waals surface area (Å²) in [5.41, 5.74) is 6.47. The quantitative estimate of drug-likeness (QED) is 0.129. The van der Waals surface area contributed by atoms with Crippen molar-refractivity contribution in [1.29, 1.82) is 0 Å². The normalized spacial score (nSPS) is 14.0. The first-order valence-electron chi connectivity index (χ1n) is 13.8. The van der Waals surface area contributed by atoms with E-state index in [1.54, 1.807) is 32.0 Å². The first-order valence-corrected chi connectivity index (χ1v) is 15.3. The number of carbonyl (C=O) groups is 1. The largest absolute Gasteiger partial charge is 0.361 e. The molecule has 1 heterocycles. The predicted molar refractivity (Wildman–Crippen MR) is 166 cm³/mol. The number of anilines is 2. The topological polar surface area (TPSA) is 88.7 Å². The first-order chi connectivity index (χ1) is 20.0. The van der Waals surface area contributed by atoms with Gasteiger partial charge in [-0.05, 0) is 60.9 Å². The lowest BCUT2D eigenvalue weighted by Gasteiger charge is -2.18. The van der Waals surface area contributed by atoms with Crippen molar-refractivity contribution in [3.05, 3.63) is 125 Å². The van der Waals surface area contributed by atoms with E-state index in [9.17, 15) is 9.36 Å². The van der Waals surface area contributed by atoms with E-state index in [0.29, 0.717) is 27.8 Å². The van der Waals surface area contributed by atoms with Gasteiger partial charge in [-0.1, -0.05) is 72.8 Å². The summed E-state index contributed by atoms with van der Waals surface area (Å²) in [7, 11) is -3.54. The van der Waals surface area contributed by atoms with Crippen molar-refractivity contribution in [2.45, 2.75) is 26.9 Å². The van der Waals surface area contributed by atoms with Crippen molar-refractivity contribution in [3.63, 3.8) is 0 Å². The molecule has 3 N–H and O–H groups in total. The first kappa shape index (κ1) is 28.5. The second-order valence-electron chi connectivity index (χ2n) is 9.54. The smallest absolute Gasteiger partial charge is 0.354 e. The molecule has 41 heavy (non-hydrogen) atoms. The van der Waals surface area contributed by atoms with Gasteiger partial charge < -0.3 is 25.0 Å². The molecule has 0 radical (unpaired) electrons. The maximum absolute atomic E-state index is 13.5. The summed E-state index contributed by atoms with van der Waals surface area (Å²) in [4.78, 5) is 13.4. The molecule has 0 saturated carbocycles. The van der Waals surface area contributed by atoms with E-state index in [0.717, 1.165) is 29.9 Å². The molecule has 1 aliphatic rings. The second-order valence-corrected chi connectivity index (χ2v) is 11.6. The van der Waals surface area contributed by atoms with Crippen molar-refractivity contribution in [1.82, 2.24) is 5.32 Å². The summed E-state index contributed by atoms with van der Waals surface area (Å²) < 4.78 is 24.7. The minimum absolute atomic E-state index is 0.239. The van der Waals surface area contributed by atoms with Crippen LogP contribution in [0.2, 0.25) is 0 Å². The molecule has 0 spiro atoms. The Balaban J connectivity index is 1.46. The maximum Gasteiger partial charge on any atom is 0.361 e. The molecule has 0 bridgehead atoms. The SMILES string of the molecule is CCOP(=O)(OCC)c1ccc2c(c1)C(=C(Nc1ccc(CNCc3ccccc3)cc1)c1ccccc1)C(=O)N2. The number of hydrogen-bond acceptors (Lipinski definition) is 6. The fraction of sp³-hybridized carbons (Fsp3) is 0.182. The fourth-order valence-corrected chi connectivity index (χ4v) is 6.38. The Labute approximate surface area is 241 Å². The van der Waals surface area contributed by atoms with Gasteiger partial charge in [-0.25, -0.2) is 0 Å². The molecule has 0 unspecified atom stereocenters. The van der Waals surface area contributed by atoms with Gasteiger partial charge in [0.25, 0.3) is 5.91 Å². The van der Waals surface area contributed by atoms with Crippen molar-refractivity contribution in [2.75, 3.05) is 23.8 Å². The molecule has 0 atom stereocenters. The van der Waals surface area contributed by atoms with Crippen molar-refractivity contribution in [2.24, 2.45) is 0 Å². The van der Waals surface area contributed by atoms with Gasteiger partial charge in [-0.15, -0.1) is 0 Å². The van der Waals surface area contributed by atoms with Crippen LogP contribution in [0.3, 0.4) is 0 Å². The Morgan fingerprint density at radius 3 is 2.02 bits per heavy atom. The van der Waals surface area contributed by atoms with E-state index in [4.69, 9.17) is 9.05 Å². The Bertz CT molecular complexity index is 1560. The molecule has 5 rings (SSSR count). The fourth-order valence-electron chi connectivity index (χ4n) is 4.78. The standard InChI is InChI=1S/C33H34N3O4P/c1-3-39-41(38,40-4-2)28-19-20-30-29(21-28)31(33(37)36-30)32(26-13-9-6-10-14-26)35-27-17-15-25(16-18-27)23-34-22-24-11-7-5-8-12-24/h5-21,34-35H,3-4,22-23H2,1-2H3,(H,36,37). The van der Waals surface area contributed by atoms with Crippen LogP contribution >= 0.6 is 7.60 Å².